The van der Waals surface area contributed by atoms with Gasteiger partial charge in [-0.2, -0.15) is 0 Å². The number of nitrogens with zero attached hydrogens (tertiary/aromatic N) is 1. The molecule has 3 rings (SSSR count). The Morgan fingerprint density at radius 2 is 1.56 bits per heavy atom. The highest BCUT2D eigenvalue weighted by atomic mass is 16.7. The van der Waals surface area contributed by atoms with Gasteiger partial charge in [0.05, 0.1) is 13.0 Å². The van der Waals surface area contributed by atoms with Crippen LogP contribution in [0.15, 0.2) is 60.7 Å². The maximum atomic E-state index is 12.4. The molecule has 1 aliphatic heterocycles. The lowest BCUT2D eigenvalue weighted by molar-refractivity contribution is -0.222. The third kappa shape index (κ3) is 5.31. The SMILES string of the molecule is O=C(CCOc1ccccc1)OC1(O)CCN(C(=O)c2ccccc2)CC1. The molecule has 1 amide bonds. The first kappa shape index (κ1) is 18.9. The summed E-state index contributed by atoms with van der Waals surface area (Å²) in [6, 6.07) is 18.2. The Hall–Kier alpha value is -2.86. The number of carbonyl (C=O) groups excluding carboxylic acids is 2. The Morgan fingerprint density at radius 1 is 0.963 bits per heavy atom. The van der Waals surface area contributed by atoms with E-state index in [-0.39, 0.29) is 31.8 Å². The lowest BCUT2D eigenvalue weighted by Crippen LogP contribution is -2.49. The summed E-state index contributed by atoms with van der Waals surface area (Å²) in [6.45, 7) is 0.841. The van der Waals surface area contributed by atoms with E-state index in [1.165, 1.54) is 0 Å². The summed E-state index contributed by atoms with van der Waals surface area (Å²) in [6.07, 6.45) is 0.428. The van der Waals surface area contributed by atoms with E-state index in [1.807, 2.05) is 36.4 Å². The molecule has 0 atom stereocenters. The predicted molar refractivity (Wildman–Crippen MR) is 99.2 cm³/mol. The van der Waals surface area contributed by atoms with E-state index < -0.39 is 11.8 Å². The molecule has 0 unspecified atom stereocenters. The van der Waals surface area contributed by atoms with Crippen molar-refractivity contribution >= 4 is 11.9 Å². The summed E-state index contributed by atoms with van der Waals surface area (Å²) in [5.74, 6) is -1.45. The second-order valence-electron chi connectivity index (χ2n) is 6.49. The van der Waals surface area contributed by atoms with Crippen molar-refractivity contribution < 1.29 is 24.2 Å². The van der Waals surface area contributed by atoms with Crippen LogP contribution in [0.4, 0.5) is 0 Å². The van der Waals surface area contributed by atoms with Crippen molar-refractivity contribution in [2.45, 2.75) is 25.0 Å². The van der Waals surface area contributed by atoms with Gasteiger partial charge in [0.25, 0.3) is 5.91 Å². The van der Waals surface area contributed by atoms with Gasteiger partial charge in [-0.3, -0.25) is 9.59 Å². The number of rotatable bonds is 6. The molecule has 1 saturated heterocycles. The number of piperidine rings is 1. The molecule has 6 heteroatoms. The highest BCUT2D eigenvalue weighted by molar-refractivity contribution is 5.94. The Labute approximate surface area is 158 Å². The molecule has 6 nitrogen and oxygen atoms in total. The number of para-hydroxylation sites is 1. The van der Waals surface area contributed by atoms with E-state index in [0.29, 0.717) is 24.4 Å². The molecule has 0 radical (unpaired) electrons. The van der Waals surface area contributed by atoms with Crippen LogP contribution >= 0.6 is 0 Å². The summed E-state index contributed by atoms with van der Waals surface area (Å²) in [4.78, 5) is 26.1. The van der Waals surface area contributed by atoms with E-state index in [4.69, 9.17) is 9.47 Å². The van der Waals surface area contributed by atoms with Gasteiger partial charge in [0, 0.05) is 31.5 Å². The summed E-state index contributed by atoms with van der Waals surface area (Å²) in [5, 5.41) is 10.5. The number of hydrogen-bond donors (Lipinski definition) is 1. The fraction of sp³-hybridized carbons (Fsp3) is 0.333. The van der Waals surface area contributed by atoms with Crippen LogP contribution in [0.5, 0.6) is 5.75 Å². The Bertz CT molecular complexity index is 755. The molecule has 0 bridgehead atoms. The molecule has 1 fully saturated rings. The first-order valence-electron chi connectivity index (χ1n) is 9.02. The number of carbonyl (C=O) groups is 2. The van der Waals surface area contributed by atoms with Crippen molar-refractivity contribution in [1.82, 2.24) is 4.90 Å². The lowest BCUT2D eigenvalue weighted by atomic mass is 10.0. The molecule has 1 aliphatic rings. The molecule has 0 aromatic heterocycles. The molecule has 0 saturated carbocycles. The molecule has 27 heavy (non-hydrogen) atoms. The van der Waals surface area contributed by atoms with Crippen LogP contribution in [0.25, 0.3) is 0 Å². The van der Waals surface area contributed by atoms with E-state index in [1.54, 1.807) is 29.2 Å². The number of likely N-dealkylation sites (tertiary alicyclic amines) is 1. The second kappa shape index (κ2) is 8.68. The fourth-order valence-electron chi connectivity index (χ4n) is 2.96. The zero-order chi connectivity index (χ0) is 19.1. The first-order valence-corrected chi connectivity index (χ1v) is 9.02. The molecule has 2 aromatic rings. The van der Waals surface area contributed by atoms with Crippen LogP contribution in [0, 0.1) is 0 Å². The van der Waals surface area contributed by atoms with Gasteiger partial charge in [0.15, 0.2) is 0 Å². The largest absolute Gasteiger partial charge is 0.493 e. The average molecular weight is 369 g/mol. The molecule has 0 spiro atoms. The molecule has 1 N–H and O–H groups in total. The Balaban J connectivity index is 1.43. The number of hydrogen-bond acceptors (Lipinski definition) is 5. The quantitative estimate of drug-likeness (QED) is 0.626. The van der Waals surface area contributed by atoms with Gasteiger partial charge in [-0.05, 0) is 24.3 Å². The van der Waals surface area contributed by atoms with Gasteiger partial charge in [-0.25, -0.2) is 0 Å². The number of aliphatic hydroxyl groups is 1. The summed E-state index contributed by atoms with van der Waals surface area (Å²) in [5.41, 5.74) is 0.609. The highest BCUT2D eigenvalue weighted by Crippen LogP contribution is 2.25. The van der Waals surface area contributed by atoms with Crippen LogP contribution in [0.2, 0.25) is 0 Å². The van der Waals surface area contributed by atoms with Crippen LogP contribution in [0.1, 0.15) is 29.6 Å². The topological polar surface area (TPSA) is 76.1 Å². The predicted octanol–water partition coefficient (Wildman–Crippen LogP) is 2.62. The lowest BCUT2D eigenvalue weighted by Gasteiger charge is -2.37. The van der Waals surface area contributed by atoms with Crippen molar-refractivity contribution in [3.8, 4) is 5.75 Å². The van der Waals surface area contributed by atoms with E-state index in [9.17, 15) is 14.7 Å². The van der Waals surface area contributed by atoms with Gasteiger partial charge in [0.2, 0.25) is 5.79 Å². The highest BCUT2D eigenvalue weighted by Gasteiger charge is 2.37. The van der Waals surface area contributed by atoms with Crippen molar-refractivity contribution in [3.63, 3.8) is 0 Å². The van der Waals surface area contributed by atoms with E-state index >= 15 is 0 Å². The minimum Gasteiger partial charge on any atom is -0.493 e. The minimum atomic E-state index is -1.53. The molecule has 1 heterocycles. The van der Waals surface area contributed by atoms with Gasteiger partial charge in [-0.15, -0.1) is 0 Å². The molecular formula is C21H23NO5. The average Bonchev–Trinajstić information content (AvgIpc) is 2.69. The van der Waals surface area contributed by atoms with Gasteiger partial charge >= 0.3 is 5.97 Å². The van der Waals surface area contributed by atoms with E-state index in [0.717, 1.165) is 0 Å². The van der Waals surface area contributed by atoms with Crippen LogP contribution in [-0.2, 0) is 9.53 Å². The molecule has 2 aromatic carbocycles. The zero-order valence-corrected chi connectivity index (χ0v) is 15.0. The molecule has 0 aliphatic carbocycles. The zero-order valence-electron chi connectivity index (χ0n) is 15.0. The van der Waals surface area contributed by atoms with Crippen LogP contribution in [0.3, 0.4) is 0 Å². The van der Waals surface area contributed by atoms with Gasteiger partial charge in [0.1, 0.15) is 5.75 Å². The Kier molecular flexibility index (Phi) is 6.08. The maximum Gasteiger partial charge on any atom is 0.311 e. The third-order valence-corrected chi connectivity index (χ3v) is 4.47. The van der Waals surface area contributed by atoms with Crippen LogP contribution < -0.4 is 4.74 Å². The second-order valence-corrected chi connectivity index (χ2v) is 6.49. The first-order chi connectivity index (χ1) is 13.1. The van der Waals surface area contributed by atoms with E-state index in [2.05, 4.69) is 0 Å². The van der Waals surface area contributed by atoms with Crippen molar-refractivity contribution in [3.05, 3.63) is 66.2 Å². The van der Waals surface area contributed by atoms with Gasteiger partial charge < -0.3 is 19.5 Å². The standard InChI is InChI=1S/C21H23NO5/c23-19(11-16-26-18-9-5-2-6-10-18)27-21(25)12-14-22(15-13-21)20(24)17-7-3-1-4-8-17/h1-10,25H,11-16H2. The molecular weight excluding hydrogens is 346 g/mol. The normalized spacial score (nSPS) is 15.8. The maximum absolute atomic E-state index is 12.4. The third-order valence-electron chi connectivity index (χ3n) is 4.47. The van der Waals surface area contributed by atoms with Crippen molar-refractivity contribution in [2.24, 2.45) is 0 Å². The van der Waals surface area contributed by atoms with Gasteiger partial charge in [-0.1, -0.05) is 36.4 Å². The van der Waals surface area contributed by atoms with Crippen molar-refractivity contribution in [1.29, 1.82) is 0 Å². The van der Waals surface area contributed by atoms with Crippen LogP contribution in [-0.4, -0.2) is 47.4 Å². The Morgan fingerprint density at radius 3 is 2.19 bits per heavy atom. The number of benzene rings is 2. The number of amides is 1. The summed E-state index contributed by atoms with van der Waals surface area (Å²) >= 11 is 0. The monoisotopic (exact) mass is 369 g/mol. The number of ether oxygens (including phenoxy) is 2. The fourth-order valence-corrected chi connectivity index (χ4v) is 2.96. The molecule has 142 valence electrons. The smallest absolute Gasteiger partial charge is 0.311 e. The minimum absolute atomic E-state index is 0.0455. The number of esters is 1. The van der Waals surface area contributed by atoms with Crippen molar-refractivity contribution in [2.75, 3.05) is 19.7 Å². The summed E-state index contributed by atoms with van der Waals surface area (Å²) in [7, 11) is 0. The summed E-state index contributed by atoms with van der Waals surface area (Å²) < 4.78 is 10.7.